The molecule has 0 saturated carbocycles. The highest BCUT2D eigenvalue weighted by Crippen LogP contribution is 2.31. The fourth-order valence-corrected chi connectivity index (χ4v) is 2.62. The Morgan fingerprint density at radius 1 is 1.00 bits per heavy atom. The molecule has 0 aliphatic heterocycles. The van der Waals surface area contributed by atoms with E-state index in [0.717, 1.165) is 39.0 Å². The highest BCUT2D eigenvalue weighted by Gasteiger charge is 2.11. The lowest BCUT2D eigenvalue weighted by Crippen LogP contribution is -1.92. The van der Waals surface area contributed by atoms with Gasteiger partial charge in [0.15, 0.2) is 0 Å². The van der Waals surface area contributed by atoms with Gasteiger partial charge in [-0.15, -0.1) is 0 Å². The van der Waals surface area contributed by atoms with Gasteiger partial charge in [-0.1, -0.05) is 24.3 Å². The third kappa shape index (κ3) is 2.15. The Morgan fingerprint density at radius 2 is 1.95 bits per heavy atom. The molecule has 0 aliphatic rings. The van der Waals surface area contributed by atoms with Crippen LogP contribution in [0.2, 0.25) is 0 Å². The molecule has 106 valence electrons. The van der Waals surface area contributed by atoms with Crippen LogP contribution in [-0.4, -0.2) is 20.2 Å². The number of nitrogens with one attached hydrogen (secondary N) is 1. The summed E-state index contributed by atoms with van der Waals surface area (Å²) in [6.45, 7) is 2.00. The Hall–Kier alpha value is -3.01. The summed E-state index contributed by atoms with van der Waals surface area (Å²) in [6, 6.07) is 14.4. The van der Waals surface area contributed by atoms with Crippen molar-refractivity contribution in [1.82, 2.24) is 20.2 Å². The molecule has 4 nitrogen and oxygen atoms in total. The van der Waals surface area contributed by atoms with E-state index in [-0.39, 0.29) is 0 Å². The highest BCUT2D eigenvalue weighted by molar-refractivity contribution is 5.87. The van der Waals surface area contributed by atoms with Gasteiger partial charge in [-0.3, -0.25) is 15.1 Å². The minimum Gasteiger partial charge on any atom is -0.285 e. The van der Waals surface area contributed by atoms with E-state index in [4.69, 9.17) is 4.98 Å². The van der Waals surface area contributed by atoms with Crippen molar-refractivity contribution >= 4 is 10.9 Å². The van der Waals surface area contributed by atoms with Crippen LogP contribution >= 0.6 is 0 Å². The van der Waals surface area contributed by atoms with Gasteiger partial charge in [-0.2, -0.15) is 5.10 Å². The Bertz CT molecular complexity index is 942. The summed E-state index contributed by atoms with van der Waals surface area (Å²) < 4.78 is 0. The highest BCUT2D eigenvalue weighted by atomic mass is 15.1. The summed E-state index contributed by atoms with van der Waals surface area (Å²) in [7, 11) is 0. The van der Waals surface area contributed by atoms with Crippen molar-refractivity contribution in [3.63, 3.8) is 0 Å². The van der Waals surface area contributed by atoms with E-state index in [2.05, 4.69) is 45.5 Å². The maximum Gasteiger partial charge on any atom is 0.0785 e. The number of nitrogens with zero attached hydrogens (tertiary/aromatic N) is 3. The van der Waals surface area contributed by atoms with Crippen LogP contribution in [0.5, 0.6) is 0 Å². The number of aromatic amines is 1. The summed E-state index contributed by atoms with van der Waals surface area (Å²) in [6.07, 6.45) is 5.51. The molecule has 3 heterocycles. The summed E-state index contributed by atoms with van der Waals surface area (Å²) in [5.41, 5.74) is 6.07. The van der Waals surface area contributed by atoms with Crippen LogP contribution in [-0.2, 0) is 0 Å². The molecular weight excluding hydrogens is 272 g/mol. The molecule has 0 fully saturated rings. The van der Waals surface area contributed by atoms with Gasteiger partial charge in [0.05, 0.1) is 17.4 Å². The Kier molecular flexibility index (Phi) is 2.93. The molecule has 0 atom stereocenters. The first kappa shape index (κ1) is 12.7. The van der Waals surface area contributed by atoms with Gasteiger partial charge in [0, 0.05) is 40.2 Å². The van der Waals surface area contributed by atoms with Gasteiger partial charge in [0.1, 0.15) is 0 Å². The summed E-state index contributed by atoms with van der Waals surface area (Å²) in [5.74, 6) is 0. The third-order valence-corrected chi connectivity index (χ3v) is 3.72. The molecule has 0 unspecified atom stereocenters. The van der Waals surface area contributed by atoms with E-state index < -0.39 is 0 Å². The average molecular weight is 286 g/mol. The molecule has 0 spiro atoms. The molecule has 22 heavy (non-hydrogen) atoms. The maximum atomic E-state index is 4.74. The van der Waals surface area contributed by atoms with Gasteiger partial charge in [0.2, 0.25) is 0 Å². The van der Waals surface area contributed by atoms with Crippen LogP contribution in [0.4, 0.5) is 0 Å². The lowest BCUT2D eigenvalue weighted by molar-refractivity contribution is 1.09. The molecule has 4 rings (SSSR count). The fourth-order valence-electron chi connectivity index (χ4n) is 2.62. The normalized spacial score (nSPS) is 11.0. The first-order valence-electron chi connectivity index (χ1n) is 7.13. The quantitative estimate of drug-likeness (QED) is 0.606. The van der Waals surface area contributed by atoms with E-state index in [1.165, 1.54) is 0 Å². The molecular formula is C18H14N4. The minimum atomic E-state index is 0.953. The Morgan fingerprint density at radius 3 is 2.82 bits per heavy atom. The summed E-state index contributed by atoms with van der Waals surface area (Å²) in [4.78, 5) is 9.17. The van der Waals surface area contributed by atoms with Crippen LogP contribution in [0.3, 0.4) is 0 Å². The molecule has 0 radical (unpaired) electrons. The lowest BCUT2D eigenvalue weighted by Gasteiger charge is -2.09. The van der Waals surface area contributed by atoms with Gasteiger partial charge in [-0.25, -0.2) is 0 Å². The number of aromatic nitrogens is 4. The van der Waals surface area contributed by atoms with E-state index >= 15 is 0 Å². The molecule has 1 aromatic carbocycles. The molecule has 0 bridgehead atoms. The molecule has 4 aromatic rings. The topological polar surface area (TPSA) is 54.5 Å². The van der Waals surface area contributed by atoms with Crippen molar-refractivity contribution in [3.05, 3.63) is 66.7 Å². The van der Waals surface area contributed by atoms with Gasteiger partial charge >= 0.3 is 0 Å². The zero-order valence-corrected chi connectivity index (χ0v) is 12.1. The zero-order valence-electron chi connectivity index (χ0n) is 12.1. The maximum absolute atomic E-state index is 4.74. The molecule has 0 aliphatic carbocycles. The second-order valence-electron chi connectivity index (χ2n) is 5.25. The van der Waals surface area contributed by atoms with E-state index in [1.807, 2.05) is 37.6 Å². The SMILES string of the molecule is Cc1ccc(-c2cn[nH]c2)c(-c2ccc3cccnc3c2)n1. The Balaban J connectivity index is 1.95. The summed E-state index contributed by atoms with van der Waals surface area (Å²) in [5, 5.41) is 8.03. The molecule has 0 amide bonds. The predicted octanol–water partition coefficient (Wildman–Crippen LogP) is 4.00. The lowest BCUT2D eigenvalue weighted by atomic mass is 10.00. The third-order valence-electron chi connectivity index (χ3n) is 3.72. The Labute approximate surface area is 127 Å². The molecule has 3 aromatic heterocycles. The van der Waals surface area contributed by atoms with Gasteiger partial charge in [-0.05, 0) is 25.1 Å². The van der Waals surface area contributed by atoms with Crippen LogP contribution in [0, 0.1) is 6.92 Å². The number of hydrogen-bond donors (Lipinski definition) is 1. The number of hydrogen-bond acceptors (Lipinski definition) is 3. The van der Waals surface area contributed by atoms with Gasteiger partial charge < -0.3 is 0 Å². The van der Waals surface area contributed by atoms with E-state index in [1.54, 1.807) is 0 Å². The number of pyridine rings is 2. The first-order valence-corrected chi connectivity index (χ1v) is 7.13. The second kappa shape index (κ2) is 5.07. The number of H-pyrrole nitrogens is 1. The van der Waals surface area contributed by atoms with Crippen LogP contribution in [0.25, 0.3) is 33.3 Å². The summed E-state index contributed by atoms with van der Waals surface area (Å²) >= 11 is 0. The number of aryl methyl sites for hydroxylation is 1. The van der Waals surface area contributed by atoms with E-state index in [9.17, 15) is 0 Å². The molecule has 4 heteroatoms. The first-order chi connectivity index (χ1) is 10.8. The van der Waals surface area contributed by atoms with Crippen molar-refractivity contribution in [2.45, 2.75) is 6.92 Å². The van der Waals surface area contributed by atoms with Crippen molar-refractivity contribution in [1.29, 1.82) is 0 Å². The van der Waals surface area contributed by atoms with Crippen LogP contribution in [0.15, 0.2) is 61.1 Å². The standard InChI is InChI=1S/C18H14N4/c1-12-4-7-16(15-10-20-21-11-15)18(22-12)14-6-5-13-3-2-8-19-17(13)9-14/h2-11H,1H3,(H,20,21). The van der Waals surface area contributed by atoms with Crippen molar-refractivity contribution in [2.24, 2.45) is 0 Å². The largest absolute Gasteiger partial charge is 0.285 e. The second-order valence-corrected chi connectivity index (χ2v) is 5.25. The van der Waals surface area contributed by atoms with Crippen LogP contribution < -0.4 is 0 Å². The van der Waals surface area contributed by atoms with Crippen molar-refractivity contribution < 1.29 is 0 Å². The predicted molar refractivity (Wildman–Crippen MR) is 87.3 cm³/mol. The van der Waals surface area contributed by atoms with Crippen molar-refractivity contribution in [2.75, 3.05) is 0 Å². The smallest absolute Gasteiger partial charge is 0.0785 e. The number of rotatable bonds is 2. The zero-order chi connectivity index (χ0) is 14.9. The number of fused-ring (bicyclic) bond motifs is 1. The van der Waals surface area contributed by atoms with E-state index in [0.29, 0.717) is 0 Å². The number of benzene rings is 1. The molecule has 0 saturated heterocycles. The van der Waals surface area contributed by atoms with Gasteiger partial charge in [0.25, 0.3) is 0 Å². The van der Waals surface area contributed by atoms with Crippen molar-refractivity contribution in [3.8, 4) is 22.4 Å². The minimum absolute atomic E-state index is 0.953. The fraction of sp³-hybridized carbons (Fsp3) is 0.0556. The van der Waals surface area contributed by atoms with Crippen LogP contribution in [0.1, 0.15) is 5.69 Å². The molecule has 1 N–H and O–H groups in total. The average Bonchev–Trinajstić information content (AvgIpc) is 3.08. The monoisotopic (exact) mass is 286 g/mol.